The summed E-state index contributed by atoms with van der Waals surface area (Å²) in [6.45, 7) is 4.63. The van der Waals surface area contributed by atoms with Crippen molar-refractivity contribution in [1.29, 1.82) is 0 Å². The molecule has 1 saturated carbocycles. The number of ether oxygens (including phenoxy) is 1. The number of benzene rings is 2. The van der Waals surface area contributed by atoms with Crippen LogP contribution in [0.25, 0.3) is 0 Å². The number of anilines is 1. The van der Waals surface area contributed by atoms with E-state index in [9.17, 15) is 13.2 Å². The summed E-state index contributed by atoms with van der Waals surface area (Å²) in [5, 5.41) is 3.08. The fraction of sp³-hybridized carbons (Fsp3) is 0.409. The molecule has 0 radical (unpaired) electrons. The van der Waals surface area contributed by atoms with Crippen LogP contribution < -0.4 is 14.8 Å². The molecule has 1 aliphatic carbocycles. The quantitative estimate of drug-likeness (QED) is 0.709. The second-order valence-electron chi connectivity index (χ2n) is 7.52. The van der Waals surface area contributed by atoms with Gasteiger partial charge in [0.1, 0.15) is 5.75 Å². The third-order valence-corrected chi connectivity index (χ3v) is 6.59. The molecule has 6 nitrogen and oxygen atoms in total. The first-order chi connectivity index (χ1) is 13.9. The van der Waals surface area contributed by atoms with Gasteiger partial charge in [0.05, 0.1) is 11.5 Å². The summed E-state index contributed by atoms with van der Waals surface area (Å²) < 4.78 is 33.0. The van der Waals surface area contributed by atoms with Crippen molar-refractivity contribution in [3.8, 4) is 5.75 Å². The number of hydrogen-bond donors (Lipinski definition) is 2. The normalized spacial score (nSPS) is 19.4. The second-order valence-corrected chi connectivity index (χ2v) is 9.20. The van der Waals surface area contributed by atoms with E-state index < -0.39 is 10.0 Å². The molecule has 3 rings (SSSR count). The molecule has 0 bridgehead atoms. The molecular weight excluding hydrogens is 388 g/mol. The Morgan fingerprint density at radius 2 is 1.62 bits per heavy atom. The molecule has 29 heavy (non-hydrogen) atoms. The van der Waals surface area contributed by atoms with E-state index in [4.69, 9.17) is 4.74 Å². The Balaban J connectivity index is 1.61. The third kappa shape index (κ3) is 5.73. The second kappa shape index (κ2) is 9.31. The van der Waals surface area contributed by atoms with Gasteiger partial charge in [0.2, 0.25) is 0 Å². The zero-order valence-electron chi connectivity index (χ0n) is 16.9. The summed E-state index contributed by atoms with van der Waals surface area (Å²) in [5.74, 6) is 1.23. The molecule has 1 fully saturated rings. The van der Waals surface area contributed by atoms with Gasteiger partial charge in [-0.15, -0.1) is 0 Å². The van der Waals surface area contributed by atoms with E-state index in [1.165, 1.54) is 12.1 Å². The predicted octanol–water partition coefficient (Wildman–Crippen LogP) is 4.19. The van der Waals surface area contributed by atoms with Crippen molar-refractivity contribution in [2.45, 2.75) is 50.5 Å². The van der Waals surface area contributed by atoms with Crippen molar-refractivity contribution in [3.05, 3.63) is 54.1 Å². The van der Waals surface area contributed by atoms with E-state index in [1.807, 2.05) is 6.92 Å². The highest BCUT2D eigenvalue weighted by Gasteiger charge is 2.20. The van der Waals surface area contributed by atoms with Crippen LogP contribution in [0.1, 0.15) is 49.9 Å². The third-order valence-electron chi connectivity index (χ3n) is 5.20. The number of carbonyl (C=O) groups is 1. The molecule has 0 spiro atoms. The fourth-order valence-corrected chi connectivity index (χ4v) is 4.52. The molecular formula is C22H28N2O4S. The van der Waals surface area contributed by atoms with Gasteiger partial charge < -0.3 is 10.1 Å². The average molecular weight is 417 g/mol. The average Bonchev–Trinajstić information content (AvgIpc) is 2.71. The summed E-state index contributed by atoms with van der Waals surface area (Å²) in [7, 11) is -3.71. The van der Waals surface area contributed by atoms with E-state index in [0.29, 0.717) is 23.6 Å². The summed E-state index contributed by atoms with van der Waals surface area (Å²) in [4.78, 5) is 12.6. The minimum Gasteiger partial charge on any atom is -0.494 e. The van der Waals surface area contributed by atoms with Crippen LogP contribution >= 0.6 is 0 Å². The number of nitrogens with one attached hydrogen (secondary N) is 2. The van der Waals surface area contributed by atoms with Crippen LogP contribution in [0.4, 0.5) is 5.69 Å². The highest BCUT2D eigenvalue weighted by molar-refractivity contribution is 7.92. The Bertz CT molecular complexity index is 916. The summed E-state index contributed by atoms with van der Waals surface area (Å²) >= 11 is 0. The molecule has 156 valence electrons. The minimum absolute atomic E-state index is 0.120. The largest absolute Gasteiger partial charge is 0.494 e. The van der Waals surface area contributed by atoms with Crippen molar-refractivity contribution in [2.24, 2.45) is 5.92 Å². The van der Waals surface area contributed by atoms with E-state index in [0.717, 1.165) is 31.6 Å². The van der Waals surface area contributed by atoms with Crippen LogP contribution in [0.3, 0.4) is 0 Å². The number of sulfonamides is 1. The van der Waals surface area contributed by atoms with Gasteiger partial charge in [-0.2, -0.15) is 0 Å². The van der Waals surface area contributed by atoms with Crippen LogP contribution in [0.5, 0.6) is 5.75 Å². The Morgan fingerprint density at radius 3 is 2.21 bits per heavy atom. The molecule has 0 aliphatic heterocycles. The number of rotatable bonds is 7. The highest BCUT2D eigenvalue weighted by Crippen LogP contribution is 2.24. The maximum Gasteiger partial charge on any atom is 0.261 e. The van der Waals surface area contributed by atoms with Gasteiger partial charge in [-0.25, -0.2) is 8.42 Å². The zero-order chi connectivity index (χ0) is 20.9. The first-order valence-electron chi connectivity index (χ1n) is 10.0. The van der Waals surface area contributed by atoms with Gasteiger partial charge in [0.15, 0.2) is 0 Å². The van der Waals surface area contributed by atoms with E-state index in [-0.39, 0.29) is 16.8 Å². The fourth-order valence-electron chi connectivity index (χ4n) is 3.46. The van der Waals surface area contributed by atoms with Gasteiger partial charge in [-0.3, -0.25) is 9.52 Å². The van der Waals surface area contributed by atoms with Crippen LogP contribution in [0.15, 0.2) is 53.4 Å². The monoisotopic (exact) mass is 416 g/mol. The number of carbonyl (C=O) groups excluding carboxylic acids is 1. The van der Waals surface area contributed by atoms with Crippen LogP contribution in [-0.2, 0) is 10.0 Å². The topological polar surface area (TPSA) is 84.5 Å². The summed E-state index contributed by atoms with van der Waals surface area (Å²) in [6, 6.07) is 12.9. The van der Waals surface area contributed by atoms with E-state index >= 15 is 0 Å². The summed E-state index contributed by atoms with van der Waals surface area (Å²) in [6.07, 6.45) is 4.29. The van der Waals surface area contributed by atoms with Gasteiger partial charge in [-0.05, 0) is 87.1 Å². The molecule has 0 unspecified atom stereocenters. The smallest absolute Gasteiger partial charge is 0.261 e. The molecule has 2 aromatic carbocycles. The molecule has 0 saturated heterocycles. The molecule has 1 amide bonds. The Labute approximate surface area is 172 Å². The van der Waals surface area contributed by atoms with Crippen molar-refractivity contribution in [1.82, 2.24) is 5.32 Å². The molecule has 0 atom stereocenters. The van der Waals surface area contributed by atoms with Crippen molar-refractivity contribution in [2.75, 3.05) is 11.3 Å². The first-order valence-corrected chi connectivity index (χ1v) is 11.5. The van der Waals surface area contributed by atoms with Gasteiger partial charge in [-0.1, -0.05) is 6.92 Å². The summed E-state index contributed by atoms with van der Waals surface area (Å²) in [5.41, 5.74) is 0.926. The first kappa shape index (κ1) is 21.2. The maximum absolute atomic E-state index is 12.5. The van der Waals surface area contributed by atoms with Gasteiger partial charge in [0.25, 0.3) is 15.9 Å². The molecule has 0 aromatic heterocycles. The highest BCUT2D eigenvalue weighted by atomic mass is 32.2. The number of hydrogen-bond acceptors (Lipinski definition) is 4. The lowest BCUT2D eigenvalue weighted by molar-refractivity contribution is 0.0923. The van der Waals surface area contributed by atoms with Crippen molar-refractivity contribution >= 4 is 21.6 Å². The lowest BCUT2D eigenvalue weighted by Gasteiger charge is -2.26. The van der Waals surface area contributed by atoms with Crippen LogP contribution in [-0.4, -0.2) is 27.0 Å². The lowest BCUT2D eigenvalue weighted by Crippen LogP contribution is -2.37. The molecule has 1 aliphatic rings. The van der Waals surface area contributed by atoms with Crippen LogP contribution in [0, 0.1) is 5.92 Å². The van der Waals surface area contributed by atoms with Gasteiger partial charge >= 0.3 is 0 Å². The van der Waals surface area contributed by atoms with E-state index in [2.05, 4.69) is 17.0 Å². The minimum atomic E-state index is -3.71. The number of amides is 1. The molecule has 2 aromatic rings. The van der Waals surface area contributed by atoms with Crippen molar-refractivity contribution in [3.63, 3.8) is 0 Å². The zero-order valence-corrected chi connectivity index (χ0v) is 17.7. The van der Waals surface area contributed by atoms with E-state index in [1.54, 1.807) is 36.4 Å². The molecule has 0 heterocycles. The lowest BCUT2D eigenvalue weighted by atomic mass is 9.87. The Kier molecular flexibility index (Phi) is 6.79. The SMILES string of the molecule is CCOc1ccc(S(=O)(=O)Nc2ccc(C(=O)NC3CCC(C)CC3)cc2)cc1. The van der Waals surface area contributed by atoms with Crippen molar-refractivity contribution < 1.29 is 17.9 Å². The molecule has 7 heteroatoms. The Hall–Kier alpha value is -2.54. The van der Waals surface area contributed by atoms with Crippen LogP contribution in [0.2, 0.25) is 0 Å². The Morgan fingerprint density at radius 1 is 1.00 bits per heavy atom. The standard InChI is InChI=1S/C22H28N2O4S/c1-3-28-20-12-14-21(15-13-20)29(26,27)24-19-10-6-17(7-11-19)22(25)23-18-8-4-16(2)5-9-18/h6-7,10-16,18,24H,3-5,8-9H2,1-2H3,(H,23,25). The maximum atomic E-state index is 12.5. The predicted molar refractivity (Wildman–Crippen MR) is 114 cm³/mol. The molecule has 2 N–H and O–H groups in total. The van der Waals surface area contributed by atoms with Gasteiger partial charge in [0, 0.05) is 17.3 Å².